The van der Waals surface area contributed by atoms with Crippen LogP contribution < -0.4 is 0 Å². The molecule has 1 aromatic carbocycles. The van der Waals surface area contributed by atoms with Crippen LogP contribution in [0.25, 0.3) is 0 Å². The summed E-state index contributed by atoms with van der Waals surface area (Å²) in [5.74, 6) is 0.712. The van der Waals surface area contributed by atoms with Gasteiger partial charge < -0.3 is 0 Å². The molecule has 114 valence electrons. The second kappa shape index (κ2) is 11.7. The van der Waals surface area contributed by atoms with E-state index < -0.39 is 0 Å². The molecule has 0 spiro atoms. The molecule has 0 saturated carbocycles. The first-order chi connectivity index (χ1) is 9.79. The van der Waals surface area contributed by atoms with Crippen LogP contribution in [-0.2, 0) is 11.3 Å². The number of rotatable bonds is 4. The predicted octanol–water partition coefficient (Wildman–Crippen LogP) is 4.54. The molecule has 0 aliphatic carbocycles. The van der Waals surface area contributed by atoms with Crippen LogP contribution in [0, 0.1) is 5.92 Å². The Labute approximate surface area is 125 Å². The Bertz CT molecular complexity index is 348. The molecular formula is C18H31NO. The first-order valence-electron chi connectivity index (χ1n) is 8.08. The third-order valence-corrected chi connectivity index (χ3v) is 3.33. The van der Waals surface area contributed by atoms with Crippen LogP contribution in [0.3, 0.4) is 0 Å². The van der Waals surface area contributed by atoms with Gasteiger partial charge in [-0.1, -0.05) is 65.0 Å². The van der Waals surface area contributed by atoms with Gasteiger partial charge in [-0.25, -0.2) is 0 Å². The average Bonchev–Trinajstić information content (AvgIpc) is 3.00. The van der Waals surface area contributed by atoms with Gasteiger partial charge in [0.25, 0.3) is 0 Å². The van der Waals surface area contributed by atoms with Crippen molar-refractivity contribution in [2.45, 2.75) is 54.0 Å². The Hall–Kier alpha value is -1.15. The van der Waals surface area contributed by atoms with Crippen molar-refractivity contribution in [1.29, 1.82) is 0 Å². The second-order valence-corrected chi connectivity index (χ2v) is 4.53. The molecule has 2 rings (SSSR count). The summed E-state index contributed by atoms with van der Waals surface area (Å²) in [4.78, 5) is 14.0. The van der Waals surface area contributed by atoms with Crippen LogP contribution >= 0.6 is 0 Å². The molecule has 1 saturated heterocycles. The van der Waals surface area contributed by atoms with Crippen molar-refractivity contribution >= 4 is 5.78 Å². The number of benzene rings is 1. The Morgan fingerprint density at radius 2 is 1.75 bits per heavy atom. The lowest BCUT2D eigenvalue weighted by Gasteiger charge is -2.15. The van der Waals surface area contributed by atoms with Gasteiger partial charge in [0.05, 0.1) is 0 Å². The summed E-state index contributed by atoms with van der Waals surface area (Å²) in [5, 5.41) is 0. The van der Waals surface area contributed by atoms with Gasteiger partial charge in [-0.2, -0.15) is 0 Å². The molecule has 0 aromatic heterocycles. The number of hydrogen-bond acceptors (Lipinski definition) is 2. The molecule has 1 atom stereocenters. The molecule has 1 fully saturated rings. The minimum Gasteiger partial charge on any atom is -0.299 e. The summed E-state index contributed by atoms with van der Waals surface area (Å²) in [6.45, 7) is 12.9. The van der Waals surface area contributed by atoms with Gasteiger partial charge in [0.1, 0.15) is 5.78 Å². The van der Waals surface area contributed by atoms with Crippen molar-refractivity contribution in [3.63, 3.8) is 0 Å². The van der Waals surface area contributed by atoms with Crippen molar-refractivity contribution in [2.24, 2.45) is 5.92 Å². The van der Waals surface area contributed by atoms with Crippen molar-refractivity contribution in [3.8, 4) is 0 Å². The van der Waals surface area contributed by atoms with E-state index in [4.69, 9.17) is 0 Å². The van der Waals surface area contributed by atoms with Crippen molar-refractivity contribution in [3.05, 3.63) is 35.9 Å². The van der Waals surface area contributed by atoms with Gasteiger partial charge in [0.15, 0.2) is 0 Å². The molecule has 0 bridgehead atoms. The molecule has 0 amide bonds. The summed E-state index contributed by atoms with van der Waals surface area (Å²) in [7, 11) is 0. The van der Waals surface area contributed by atoms with E-state index in [1.54, 1.807) is 0 Å². The highest BCUT2D eigenvalue weighted by Gasteiger charge is 2.26. The number of carbonyl (C=O) groups excluding carboxylic acids is 1. The summed E-state index contributed by atoms with van der Waals surface area (Å²) in [6.07, 6.45) is 1.73. The zero-order valence-corrected chi connectivity index (χ0v) is 13.9. The third kappa shape index (κ3) is 6.33. The molecule has 1 aliphatic heterocycles. The van der Waals surface area contributed by atoms with E-state index in [0.717, 1.165) is 26.1 Å². The van der Waals surface area contributed by atoms with E-state index >= 15 is 0 Å². The van der Waals surface area contributed by atoms with Crippen molar-refractivity contribution in [2.75, 3.05) is 13.1 Å². The highest BCUT2D eigenvalue weighted by molar-refractivity contribution is 5.81. The topological polar surface area (TPSA) is 20.3 Å². The monoisotopic (exact) mass is 277 g/mol. The van der Waals surface area contributed by atoms with Crippen LogP contribution in [-0.4, -0.2) is 23.8 Å². The summed E-state index contributed by atoms with van der Waals surface area (Å²) >= 11 is 0. The maximum atomic E-state index is 11.6. The molecule has 2 nitrogen and oxygen atoms in total. The lowest BCUT2D eigenvalue weighted by atomic mass is 10.0. The normalized spacial score (nSPS) is 17.6. The van der Waals surface area contributed by atoms with E-state index in [1.807, 2.05) is 40.7 Å². The molecular weight excluding hydrogens is 246 g/mol. The second-order valence-electron chi connectivity index (χ2n) is 4.53. The Kier molecular flexibility index (Phi) is 11.0. The first kappa shape index (κ1) is 18.9. The van der Waals surface area contributed by atoms with E-state index in [2.05, 4.69) is 29.2 Å². The zero-order chi connectivity index (χ0) is 15.4. The van der Waals surface area contributed by atoms with Crippen molar-refractivity contribution in [1.82, 2.24) is 4.90 Å². The van der Waals surface area contributed by atoms with Crippen LogP contribution in [0.15, 0.2) is 30.3 Å². The van der Waals surface area contributed by atoms with E-state index in [9.17, 15) is 4.79 Å². The van der Waals surface area contributed by atoms with Gasteiger partial charge >= 0.3 is 0 Å². The Morgan fingerprint density at radius 1 is 1.15 bits per heavy atom. The van der Waals surface area contributed by atoms with Crippen LogP contribution in [0.1, 0.15) is 53.0 Å². The smallest absolute Gasteiger partial charge is 0.137 e. The molecule has 1 heterocycles. The number of nitrogens with zero attached hydrogens (tertiary/aromatic N) is 1. The standard InChI is InChI=1S/C14H19NO.2C2H6/c1-2-14(16)13-8-9-15(11-13)10-12-6-4-3-5-7-12;2*1-2/h3-7,13H,2,8-11H2,1H3;2*1-2H3. The van der Waals surface area contributed by atoms with E-state index in [-0.39, 0.29) is 5.92 Å². The molecule has 2 heteroatoms. The molecule has 1 unspecified atom stereocenters. The average molecular weight is 277 g/mol. The van der Waals surface area contributed by atoms with Crippen molar-refractivity contribution < 1.29 is 4.79 Å². The number of ketones is 1. The molecule has 1 aromatic rings. The van der Waals surface area contributed by atoms with E-state index in [1.165, 1.54) is 5.56 Å². The minimum absolute atomic E-state index is 0.286. The molecule has 0 N–H and O–H groups in total. The van der Waals surface area contributed by atoms with Crippen LogP contribution in [0.4, 0.5) is 0 Å². The summed E-state index contributed by atoms with van der Waals surface area (Å²) < 4.78 is 0. The maximum absolute atomic E-state index is 11.6. The van der Waals surface area contributed by atoms with Crippen LogP contribution in [0.5, 0.6) is 0 Å². The number of carbonyl (C=O) groups is 1. The molecule has 1 aliphatic rings. The zero-order valence-electron chi connectivity index (χ0n) is 13.9. The Balaban J connectivity index is 0.000000829. The van der Waals surface area contributed by atoms with Gasteiger partial charge in [-0.05, 0) is 18.5 Å². The lowest BCUT2D eigenvalue weighted by Crippen LogP contribution is -2.22. The number of likely N-dealkylation sites (tertiary alicyclic amines) is 1. The number of hydrogen-bond donors (Lipinski definition) is 0. The lowest BCUT2D eigenvalue weighted by molar-refractivity contribution is -0.122. The fraction of sp³-hybridized carbons (Fsp3) is 0.611. The van der Waals surface area contributed by atoms with E-state index in [0.29, 0.717) is 12.2 Å². The summed E-state index contributed by atoms with van der Waals surface area (Å²) in [5.41, 5.74) is 1.34. The van der Waals surface area contributed by atoms with Gasteiger partial charge in [-0.3, -0.25) is 9.69 Å². The maximum Gasteiger partial charge on any atom is 0.137 e. The summed E-state index contributed by atoms with van der Waals surface area (Å²) in [6, 6.07) is 10.5. The van der Waals surface area contributed by atoms with Gasteiger partial charge in [0.2, 0.25) is 0 Å². The molecule has 20 heavy (non-hydrogen) atoms. The fourth-order valence-corrected chi connectivity index (χ4v) is 2.37. The molecule has 0 radical (unpaired) electrons. The third-order valence-electron chi connectivity index (χ3n) is 3.33. The fourth-order valence-electron chi connectivity index (χ4n) is 2.37. The van der Waals surface area contributed by atoms with Gasteiger partial charge in [0, 0.05) is 25.4 Å². The highest BCUT2D eigenvalue weighted by Crippen LogP contribution is 2.20. The van der Waals surface area contributed by atoms with Gasteiger partial charge in [-0.15, -0.1) is 0 Å². The Morgan fingerprint density at radius 3 is 2.30 bits per heavy atom. The number of Topliss-reactive ketones (excluding diaryl/α,β-unsaturated/α-hetero) is 1. The minimum atomic E-state index is 0.286. The first-order valence-corrected chi connectivity index (χ1v) is 8.08. The highest BCUT2D eigenvalue weighted by atomic mass is 16.1. The largest absolute Gasteiger partial charge is 0.299 e. The predicted molar refractivity (Wildman–Crippen MR) is 87.8 cm³/mol. The quantitative estimate of drug-likeness (QED) is 0.805. The van der Waals surface area contributed by atoms with Crippen LogP contribution in [0.2, 0.25) is 0 Å². The SMILES string of the molecule is CC.CC.CCC(=O)C1CCN(Cc2ccccc2)C1.